The smallest absolute Gasteiger partial charge is 0.360 e. The van der Waals surface area contributed by atoms with Crippen LogP contribution in [0.4, 0.5) is 4.39 Å². The molecule has 2 aromatic rings. The number of esters is 1. The maximum atomic E-state index is 12.9. The van der Waals surface area contributed by atoms with Gasteiger partial charge in [0.2, 0.25) is 0 Å². The van der Waals surface area contributed by atoms with Crippen LogP contribution in [0, 0.1) is 5.82 Å². The molecule has 110 valence electrons. The van der Waals surface area contributed by atoms with Gasteiger partial charge in [-0.1, -0.05) is 17.3 Å². The predicted octanol–water partition coefficient (Wildman–Crippen LogP) is 2.52. The number of carbonyl (C=O) groups excluding carboxylic acids is 1. The lowest BCUT2D eigenvalue weighted by molar-refractivity contribution is 0.0518. The highest BCUT2D eigenvalue weighted by atomic mass is 19.1. The second-order valence-electron chi connectivity index (χ2n) is 5.10. The third-order valence-electron chi connectivity index (χ3n) is 3.45. The number of nitrogens with zero attached hydrogens (tertiary/aromatic N) is 3. The van der Waals surface area contributed by atoms with Crippen molar-refractivity contribution in [2.45, 2.75) is 32.2 Å². The van der Waals surface area contributed by atoms with Gasteiger partial charge in [0.25, 0.3) is 0 Å². The molecule has 1 aromatic carbocycles. The molecule has 1 fully saturated rings. The van der Waals surface area contributed by atoms with E-state index in [9.17, 15) is 9.18 Å². The minimum Gasteiger partial charge on any atom is -0.461 e. The molecule has 5 nitrogen and oxygen atoms in total. The number of halogens is 1. The van der Waals surface area contributed by atoms with Gasteiger partial charge in [-0.2, -0.15) is 0 Å². The Kier molecular flexibility index (Phi) is 3.68. The third kappa shape index (κ3) is 2.94. The molecule has 21 heavy (non-hydrogen) atoms. The van der Waals surface area contributed by atoms with E-state index in [0.29, 0.717) is 24.8 Å². The Balaban J connectivity index is 1.88. The van der Waals surface area contributed by atoms with Gasteiger partial charge in [0.05, 0.1) is 18.8 Å². The quantitative estimate of drug-likeness (QED) is 0.794. The van der Waals surface area contributed by atoms with E-state index in [0.717, 1.165) is 24.1 Å². The van der Waals surface area contributed by atoms with Crippen LogP contribution >= 0.6 is 0 Å². The van der Waals surface area contributed by atoms with Crippen LogP contribution in [0.3, 0.4) is 0 Å². The summed E-state index contributed by atoms with van der Waals surface area (Å²) in [7, 11) is 0. The fraction of sp³-hybridized carbons (Fsp3) is 0.400. The topological polar surface area (TPSA) is 57.0 Å². The summed E-state index contributed by atoms with van der Waals surface area (Å²) in [5, 5.41) is 8.04. The van der Waals surface area contributed by atoms with E-state index in [1.54, 1.807) is 23.7 Å². The zero-order valence-electron chi connectivity index (χ0n) is 11.8. The lowest BCUT2D eigenvalue weighted by Crippen LogP contribution is -2.11. The normalized spacial score (nSPS) is 14.2. The van der Waals surface area contributed by atoms with Gasteiger partial charge < -0.3 is 4.74 Å². The Hall–Kier alpha value is -2.24. The molecular weight excluding hydrogens is 273 g/mol. The predicted molar refractivity (Wildman–Crippen MR) is 73.5 cm³/mol. The van der Waals surface area contributed by atoms with E-state index in [1.807, 2.05) is 0 Å². The van der Waals surface area contributed by atoms with Crippen LogP contribution in [0.2, 0.25) is 0 Å². The SMILES string of the molecule is CCOC(=O)c1nnn(Cc2ccc(F)cc2)c1C1CC1. The van der Waals surface area contributed by atoms with E-state index < -0.39 is 5.97 Å². The lowest BCUT2D eigenvalue weighted by atomic mass is 10.2. The summed E-state index contributed by atoms with van der Waals surface area (Å²) in [6.45, 7) is 2.55. The Morgan fingerprint density at radius 1 is 1.38 bits per heavy atom. The van der Waals surface area contributed by atoms with Crippen LogP contribution < -0.4 is 0 Å². The zero-order valence-corrected chi connectivity index (χ0v) is 11.8. The third-order valence-corrected chi connectivity index (χ3v) is 3.45. The Bertz CT molecular complexity index is 647. The summed E-state index contributed by atoms with van der Waals surface area (Å²) in [6.07, 6.45) is 2.06. The lowest BCUT2D eigenvalue weighted by Gasteiger charge is -2.07. The highest BCUT2D eigenvalue weighted by molar-refractivity contribution is 5.88. The molecule has 0 atom stereocenters. The fourth-order valence-electron chi connectivity index (χ4n) is 2.31. The zero-order chi connectivity index (χ0) is 14.8. The van der Waals surface area contributed by atoms with Crippen LogP contribution in [-0.2, 0) is 11.3 Å². The Morgan fingerprint density at radius 2 is 2.10 bits per heavy atom. The van der Waals surface area contributed by atoms with Crippen LogP contribution in [0.25, 0.3) is 0 Å². The van der Waals surface area contributed by atoms with Crippen molar-refractivity contribution in [3.05, 3.63) is 47.0 Å². The minimum absolute atomic E-state index is 0.271. The van der Waals surface area contributed by atoms with Gasteiger partial charge in [0.1, 0.15) is 5.82 Å². The number of benzene rings is 1. The number of rotatable bonds is 5. The first-order chi connectivity index (χ1) is 10.2. The largest absolute Gasteiger partial charge is 0.461 e. The molecule has 0 spiro atoms. The van der Waals surface area contributed by atoms with Gasteiger partial charge in [0, 0.05) is 5.92 Å². The van der Waals surface area contributed by atoms with E-state index in [1.165, 1.54) is 12.1 Å². The molecule has 1 aromatic heterocycles. The number of ether oxygens (including phenoxy) is 1. The molecule has 1 aliphatic rings. The van der Waals surface area contributed by atoms with Crippen molar-refractivity contribution in [3.63, 3.8) is 0 Å². The molecular formula is C15H16FN3O2. The molecule has 0 saturated heterocycles. The summed E-state index contributed by atoms with van der Waals surface area (Å²) in [5.74, 6) is -0.378. The van der Waals surface area contributed by atoms with Crippen LogP contribution in [0.15, 0.2) is 24.3 Å². The summed E-state index contributed by atoms with van der Waals surface area (Å²) in [4.78, 5) is 11.9. The van der Waals surface area contributed by atoms with Crippen LogP contribution in [-0.4, -0.2) is 27.6 Å². The highest BCUT2D eigenvalue weighted by Gasteiger charge is 2.34. The maximum Gasteiger partial charge on any atom is 0.360 e. The molecule has 0 bridgehead atoms. The van der Waals surface area contributed by atoms with E-state index >= 15 is 0 Å². The maximum absolute atomic E-state index is 12.9. The van der Waals surface area contributed by atoms with E-state index in [-0.39, 0.29) is 5.82 Å². The van der Waals surface area contributed by atoms with E-state index in [4.69, 9.17) is 4.74 Å². The van der Waals surface area contributed by atoms with Gasteiger partial charge in [-0.25, -0.2) is 13.9 Å². The second kappa shape index (κ2) is 5.63. The van der Waals surface area contributed by atoms with Crippen molar-refractivity contribution < 1.29 is 13.9 Å². The van der Waals surface area contributed by atoms with Gasteiger partial charge in [-0.3, -0.25) is 0 Å². The molecule has 1 aliphatic carbocycles. The van der Waals surface area contributed by atoms with Gasteiger partial charge >= 0.3 is 5.97 Å². The van der Waals surface area contributed by atoms with Crippen molar-refractivity contribution >= 4 is 5.97 Å². The average Bonchev–Trinajstić information content (AvgIpc) is 3.22. The number of carbonyl (C=O) groups is 1. The standard InChI is InChI=1S/C15H16FN3O2/c1-2-21-15(20)13-14(11-5-6-11)19(18-17-13)9-10-3-7-12(16)8-4-10/h3-4,7-8,11H,2,5-6,9H2,1H3. The van der Waals surface area contributed by atoms with Gasteiger partial charge in [-0.15, -0.1) is 5.10 Å². The first-order valence-electron chi connectivity index (χ1n) is 7.04. The fourth-order valence-corrected chi connectivity index (χ4v) is 2.31. The summed E-state index contributed by atoms with van der Waals surface area (Å²) in [6, 6.07) is 6.24. The second-order valence-corrected chi connectivity index (χ2v) is 5.10. The Labute approximate surface area is 121 Å². The van der Waals surface area contributed by atoms with Crippen LogP contribution in [0.5, 0.6) is 0 Å². The summed E-state index contributed by atoms with van der Waals surface area (Å²) >= 11 is 0. The monoisotopic (exact) mass is 289 g/mol. The number of hydrogen-bond acceptors (Lipinski definition) is 4. The first kappa shape index (κ1) is 13.7. The average molecular weight is 289 g/mol. The van der Waals surface area contributed by atoms with Crippen molar-refractivity contribution in [1.29, 1.82) is 0 Å². The van der Waals surface area contributed by atoms with Gasteiger partial charge in [0.15, 0.2) is 5.69 Å². The van der Waals surface area contributed by atoms with Crippen LogP contribution in [0.1, 0.15) is 47.4 Å². The Morgan fingerprint density at radius 3 is 2.71 bits per heavy atom. The van der Waals surface area contributed by atoms with Crippen molar-refractivity contribution in [1.82, 2.24) is 15.0 Å². The number of aromatic nitrogens is 3. The molecule has 0 unspecified atom stereocenters. The molecule has 1 heterocycles. The molecule has 3 rings (SSSR count). The van der Waals surface area contributed by atoms with Crippen molar-refractivity contribution in [2.75, 3.05) is 6.61 Å². The molecule has 1 saturated carbocycles. The van der Waals surface area contributed by atoms with Crippen molar-refractivity contribution in [2.24, 2.45) is 0 Å². The summed E-state index contributed by atoms with van der Waals surface area (Å²) < 4.78 is 19.7. The molecule has 6 heteroatoms. The molecule has 0 aliphatic heterocycles. The molecule has 0 amide bonds. The molecule has 0 radical (unpaired) electrons. The first-order valence-corrected chi connectivity index (χ1v) is 7.04. The minimum atomic E-state index is -0.426. The number of hydrogen-bond donors (Lipinski definition) is 0. The highest BCUT2D eigenvalue weighted by Crippen LogP contribution is 2.41. The van der Waals surface area contributed by atoms with E-state index in [2.05, 4.69) is 10.3 Å². The van der Waals surface area contributed by atoms with Crippen molar-refractivity contribution in [3.8, 4) is 0 Å². The summed E-state index contributed by atoms with van der Waals surface area (Å²) in [5.41, 5.74) is 2.05. The van der Waals surface area contributed by atoms with Gasteiger partial charge in [-0.05, 0) is 37.5 Å². The molecule has 0 N–H and O–H groups in total.